The zero-order valence-electron chi connectivity index (χ0n) is 11.1. The van der Waals surface area contributed by atoms with Crippen LogP contribution in [0.1, 0.15) is 18.9 Å². The molecule has 0 aliphatic carbocycles. The number of hydrogen-bond donors (Lipinski definition) is 1. The van der Waals surface area contributed by atoms with Crippen LogP contribution in [0.25, 0.3) is 0 Å². The fraction of sp³-hybridized carbons (Fsp3) is 0.462. The fourth-order valence-corrected chi connectivity index (χ4v) is 4.03. The van der Waals surface area contributed by atoms with Gasteiger partial charge in [-0.05, 0) is 36.6 Å². The Balaban J connectivity index is 2.35. The van der Waals surface area contributed by atoms with Gasteiger partial charge < -0.3 is 5.73 Å². The van der Waals surface area contributed by atoms with Crippen LogP contribution >= 0.6 is 11.6 Å². The lowest BCUT2D eigenvalue weighted by Crippen LogP contribution is -2.34. The van der Waals surface area contributed by atoms with Crippen LogP contribution in [0.15, 0.2) is 23.1 Å². The minimum atomic E-state index is -3.60. The molecule has 1 aliphatic rings. The fourth-order valence-electron chi connectivity index (χ4n) is 2.25. The normalized spacial score (nSPS) is 23.7. The van der Waals surface area contributed by atoms with Crippen molar-refractivity contribution in [3.05, 3.63) is 28.8 Å². The topological polar surface area (TPSA) is 87.2 Å². The Kier molecular flexibility index (Phi) is 4.07. The summed E-state index contributed by atoms with van der Waals surface area (Å²) in [6.45, 7) is 3.27. The van der Waals surface area contributed by atoms with Gasteiger partial charge in [0, 0.05) is 13.1 Å². The van der Waals surface area contributed by atoms with Crippen LogP contribution < -0.4 is 5.73 Å². The molecule has 0 saturated carbocycles. The molecule has 2 N–H and O–H groups in total. The van der Waals surface area contributed by atoms with Crippen LogP contribution in [0.4, 0.5) is 0 Å². The van der Waals surface area contributed by atoms with Crippen molar-refractivity contribution < 1.29 is 8.42 Å². The summed E-state index contributed by atoms with van der Waals surface area (Å²) >= 11 is 5.83. The van der Waals surface area contributed by atoms with E-state index in [0.29, 0.717) is 19.6 Å². The van der Waals surface area contributed by atoms with E-state index in [4.69, 9.17) is 22.6 Å². The van der Waals surface area contributed by atoms with E-state index in [-0.39, 0.29) is 20.9 Å². The first kappa shape index (κ1) is 15.3. The number of halogens is 1. The molecule has 1 unspecified atom stereocenters. The van der Waals surface area contributed by atoms with Crippen LogP contribution in [0.2, 0.25) is 5.02 Å². The first-order valence-electron chi connectivity index (χ1n) is 6.22. The molecule has 1 aliphatic heterocycles. The van der Waals surface area contributed by atoms with Gasteiger partial charge >= 0.3 is 0 Å². The van der Waals surface area contributed by atoms with Gasteiger partial charge in [-0.1, -0.05) is 18.5 Å². The van der Waals surface area contributed by atoms with Crippen molar-refractivity contribution >= 4 is 21.6 Å². The van der Waals surface area contributed by atoms with Gasteiger partial charge in [-0.2, -0.15) is 9.57 Å². The Morgan fingerprint density at radius 2 is 2.25 bits per heavy atom. The molecular weight excluding hydrogens is 298 g/mol. The molecule has 1 aromatic rings. The lowest BCUT2D eigenvalue weighted by atomic mass is 9.90. The number of nitrogens with two attached hydrogens (primary N) is 1. The highest BCUT2D eigenvalue weighted by molar-refractivity contribution is 7.89. The minimum Gasteiger partial charge on any atom is -0.330 e. The summed E-state index contributed by atoms with van der Waals surface area (Å²) in [5, 5.41) is 9.19. The SMILES string of the molecule is CC1(CN)CCN(S(=O)(=O)c2ccc(Cl)c(C#N)c2)C1. The second-order valence-electron chi connectivity index (χ2n) is 5.36. The van der Waals surface area contributed by atoms with Crippen LogP contribution in [0, 0.1) is 16.7 Å². The van der Waals surface area contributed by atoms with Gasteiger partial charge in [0.1, 0.15) is 6.07 Å². The predicted molar refractivity (Wildman–Crippen MR) is 76.7 cm³/mol. The molecule has 108 valence electrons. The van der Waals surface area contributed by atoms with Gasteiger partial charge in [0.25, 0.3) is 0 Å². The Labute approximate surface area is 124 Å². The number of nitrogens with zero attached hydrogens (tertiary/aromatic N) is 2. The van der Waals surface area contributed by atoms with Crippen molar-refractivity contribution in [3.8, 4) is 6.07 Å². The smallest absolute Gasteiger partial charge is 0.243 e. The molecule has 7 heteroatoms. The highest BCUT2D eigenvalue weighted by Gasteiger charge is 2.39. The van der Waals surface area contributed by atoms with Crippen LogP contribution in [-0.4, -0.2) is 32.4 Å². The zero-order chi connectivity index (χ0) is 15.0. The zero-order valence-corrected chi connectivity index (χ0v) is 12.7. The molecule has 1 heterocycles. The van der Waals surface area contributed by atoms with E-state index in [2.05, 4.69) is 0 Å². The number of hydrogen-bond acceptors (Lipinski definition) is 4. The molecule has 5 nitrogen and oxygen atoms in total. The summed E-state index contributed by atoms with van der Waals surface area (Å²) in [6, 6.07) is 6.07. The van der Waals surface area contributed by atoms with E-state index in [1.54, 1.807) is 0 Å². The summed E-state index contributed by atoms with van der Waals surface area (Å²) in [6.07, 6.45) is 0.738. The molecule has 0 amide bonds. The van der Waals surface area contributed by atoms with Gasteiger partial charge in [0.05, 0.1) is 15.5 Å². The van der Waals surface area contributed by atoms with E-state index in [9.17, 15) is 8.42 Å². The number of sulfonamides is 1. The molecule has 0 radical (unpaired) electrons. The minimum absolute atomic E-state index is 0.0970. The summed E-state index contributed by atoms with van der Waals surface area (Å²) in [5.41, 5.74) is 5.67. The number of rotatable bonds is 3. The average molecular weight is 314 g/mol. The van der Waals surface area contributed by atoms with Gasteiger partial charge in [0.2, 0.25) is 10.0 Å². The molecule has 2 rings (SSSR count). The van der Waals surface area contributed by atoms with Crippen molar-refractivity contribution in [2.75, 3.05) is 19.6 Å². The Morgan fingerprint density at radius 3 is 2.80 bits per heavy atom. The molecule has 0 spiro atoms. The van der Waals surface area contributed by atoms with Crippen molar-refractivity contribution in [2.24, 2.45) is 11.1 Å². The standard InChI is InChI=1S/C13H16ClN3O2S/c1-13(8-16)4-5-17(9-13)20(18,19)11-2-3-12(14)10(6-11)7-15/h2-3,6H,4-5,8-9,16H2,1H3. The predicted octanol–water partition coefficient (Wildman–Crippen LogP) is 1.57. The van der Waals surface area contributed by atoms with E-state index >= 15 is 0 Å². The second-order valence-corrected chi connectivity index (χ2v) is 7.70. The van der Waals surface area contributed by atoms with E-state index in [1.807, 2.05) is 13.0 Å². The molecule has 0 bridgehead atoms. The van der Waals surface area contributed by atoms with E-state index < -0.39 is 10.0 Å². The van der Waals surface area contributed by atoms with Gasteiger partial charge in [-0.25, -0.2) is 8.42 Å². The molecule has 1 saturated heterocycles. The van der Waals surface area contributed by atoms with Gasteiger partial charge in [-0.15, -0.1) is 0 Å². The molecule has 1 atom stereocenters. The highest BCUT2D eigenvalue weighted by Crippen LogP contribution is 2.33. The van der Waals surface area contributed by atoms with Crippen molar-refractivity contribution in [2.45, 2.75) is 18.2 Å². The third-order valence-electron chi connectivity index (χ3n) is 3.71. The maximum absolute atomic E-state index is 12.6. The lowest BCUT2D eigenvalue weighted by Gasteiger charge is -2.22. The maximum atomic E-state index is 12.6. The monoisotopic (exact) mass is 313 g/mol. The first-order chi connectivity index (χ1) is 9.32. The van der Waals surface area contributed by atoms with Crippen LogP contribution in [0.5, 0.6) is 0 Å². The third-order valence-corrected chi connectivity index (χ3v) is 5.88. The molecule has 1 aromatic carbocycles. The summed E-state index contributed by atoms with van der Waals surface area (Å²) in [4.78, 5) is 0.0970. The first-order valence-corrected chi connectivity index (χ1v) is 8.04. The van der Waals surface area contributed by atoms with Gasteiger partial charge in [-0.3, -0.25) is 0 Å². The van der Waals surface area contributed by atoms with Crippen molar-refractivity contribution in [1.29, 1.82) is 5.26 Å². The Morgan fingerprint density at radius 1 is 1.55 bits per heavy atom. The summed E-state index contributed by atoms with van der Waals surface area (Å²) < 4.78 is 26.5. The lowest BCUT2D eigenvalue weighted by molar-refractivity contribution is 0.349. The van der Waals surface area contributed by atoms with E-state index in [0.717, 1.165) is 6.42 Å². The molecule has 20 heavy (non-hydrogen) atoms. The Bertz CT molecular complexity index is 669. The Hall–Kier alpha value is -1.13. The molecule has 0 aromatic heterocycles. The number of benzene rings is 1. The van der Waals surface area contributed by atoms with E-state index in [1.165, 1.54) is 22.5 Å². The largest absolute Gasteiger partial charge is 0.330 e. The highest BCUT2D eigenvalue weighted by atomic mass is 35.5. The third kappa shape index (κ3) is 2.67. The average Bonchev–Trinajstić information content (AvgIpc) is 2.83. The van der Waals surface area contributed by atoms with Crippen LogP contribution in [0.3, 0.4) is 0 Å². The van der Waals surface area contributed by atoms with Gasteiger partial charge in [0.15, 0.2) is 0 Å². The quantitative estimate of drug-likeness (QED) is 0.917. The second kappa shape index (κ2) is 5.34. The van der Waals surface area contributed by atoms with Crippen molar-refractivity contribution in [1.82, 2.24) is 4.31 Å². The van der Waals surface area contributed by atoms with Crippen LogP contribution in [-0.2, 0) is 10.0 Å². The summed E-state index contributed by atoms with van der Waals surface area (Å²) in [5.74, 6) is 0. The number of nitriles is 1. The van der Waals surface area contributed by atoms with Crippen molar-refractivity contribution in [3.63, 3.8) is 0 Å². The molecular formula is C13H16ClN3O2S. The maximum Gasteiger partial charge on any atom is 0.243 e. The summed E-state index contributed by atoms with van der Waals surface area (Å²) in [7, 11) is -3.60. The molecule has 1 fully saturated rings.